The largest absolute Gasteiger partial charge is 0.336 e. The molecule has 0 aliphatic heterocycles. The molecule has 2 aromatic rings. The summed E-state index contributed by atoms with van der Waals surface area (Å²) in [6.45, 7) is 0. The van der Waals surface area contributed by atoms with E-state index in [1.807, 2.05) is 6.07 Å². The molecule has 0 spiro atoms. The van der Waals surface area contributed by atoms with Gasteiger partial charge >= 0.3 is 0 Å². The van der Waals surface area contributed by atoms with Crippen molar-refractivity contribution >= 4 is 21.4 Å². The summed E-state index contributed by atoms with van der Waals surface area (Å²) < 4.78 is 24.9. The standard InChI is InChI=1S/C12H11ClN2O2S/c13-10-3-1-2-9-8(10)4-5-11(9)18(16,17)12-14-6-7-15-12/h1-3,6-7,11H,4-5H2,(H,14,15)/t11-/m1/s1. The van der Waals surface area contributed by atoms with E-state index in [9.17, 15) is 8.42 Å². The number of sulfone groups is 1. The lowest BCUT2D eigenvalue weighted by molar-refractivity contribution is 0.573. The number of aromatic nitrogens is 2. The number of nitrogens with one attached hydrogen (secondary N) is 1. The van der Waals surface area contributed by atoms with Gasteiger partial charge in [0.2, 0.25) is 15.0 Å². The van der Waals surface area contributed by atoms with Gasteiger partial charge in [-0.25, -0.2) is 13.4 Å². The fourth-order valence-corrected chi connectivity index (χ4v) is 4.40. The number of hydrogen-bond donors (Lipinski definition) is 1. The number of halogens is 1. The fourth-order valence-electron chi connectivity index (χ4n) is 2.44. The summed E-state index contributed by atoms with van der Waals surface area (Å²) in [5.41, 5.74) is 1.75. The van der Waals surface area contributed by atoms with Crippen LogP contribution in [0.1, 0.15) is 22.8 Å². The molecule has 1 N–H and O–H groups in total. The number of rotatable bonds is 2. The third kappa shape index (κ3) is 1.66. The zero-order valence-electron chi connectivity index (χ0n) is 9.43. The molecular formula is C12H11ClN2O2S. The van der Waals surface area contributed by atoms with Crippen LogP contribution in [-0.2, 0) is 16.3 Å². The average Bonchev–Trinajstić information content (AvgIpc) is 2.99. The smallest absolute Gasteiger partial charge is 0.225 e. The van der Waals surface area contributed by atoms with Crippen molar-refractivity contribution in [1.82, 2.24) is 9.97 Å². The Morgan fingerprint density at radius 2 is 2.22 bits per heavy atom. The number of imidazole rings is 1. The highest BCUT2D eigenvalue weighted by Crippen LogP contribution is 2.41. The minimum Gasteiger partial charge on any atom is -0.336 e. The molecule has 0 fully saturated rings. The van der Waals surface area contributed by atoms with Crippen LogP contribution in [0, 0.1) is 0 Å². The Balaban J connectivity index is 2.11. The van der Waals surface area contributed by atoms with Gasteiger partial charge in [0.05, 0.1) is 5.25 Å². The highest BCUT2D eigenvalue weighted by molar-refractivity contribution is 7.91. The molecule has 1 aromatic heterocycles. The van der Waals surface area contributed by atoms with Gasteiger partial charge in [-0.3, -0.25) is 0 Å². The second-order valence-electron chi connectivity index (χ2n) is 4.27. The van der Waals surface area contributed by atoms with Gasteiger partial charge in [0.1, 0.15) is 0 Å². The maximum absolute atomic E-state index is 12.4. The monoisotopic (exact) mass is 282 g/mol. The summed E-state index contributed by atoms with van der Waals surface area (Å²) in [5, 5.41) is 0.127. The first kappa shape index (κ1) is 11.7. The molecule has 4 nitrogen and oxygen atoms in total. The fraction of sp³-hybridized carbons (Fsp3) is 0.250. The Morgan fingerprint density at radius 1 is 1.39 bits per heavy atom. The van der Waals surface area contributed by atoms with E-state index in [1.54, 1.807) is 12.1 Å². The topological polar surface area (TPSA) is 62.8 Å². The van der Waals surface area contributed by atoms with Crippen molar-refractivity contribution in [2.24, 2.45) is 0 Å². The molecule has 6 heteroatoms. The van der Waals surface area contributed by atoms with E-state index in [0.29, 0.717) is 17.9 Å². The average molecular weight is 283 g/mol. The molecule has 0 bridgehead atoms. The van der Waals surface area contributed by atoms with Gasteiger partial charge in [-0.15, -0.1) is 0 Å². The normalized spacial score (nSPS) is 18.8. The molecule has 1 aliphatic rings. The first-order valence-corrected chi connectivity index (χ1v) is 7.53. The molecule has 3 rings (SSSR count). The second kappa shape index (κ2) is 4.10. The predicted octanol–water partition coefficient (Wildman–Crippen LogP) is 2.52. The molecule has 0 radical (unpaired) electrons. The molecule has 1 heterocycles. The van der Waals surface area contributed by atoms with Crippen LogP contribution < -0.4 is 0 Å². The Kier molecular flexibility index (Phi) is 2.68. The predicted molar refractivity (Wildman–Crippen MR) is 68.3 cm³/mol. The lowest BCUT2D eigenvalue weighted by Gasteiger charge is -2.11. The molecule has 1 aliphatic carbocycles. The van der Waals surface area contributed by atoms with E-state index in [0.717, 1.165) is 11.1 Å². The Bertz CT molecular complexity index is 680. The van der Waals surface area contributed by atoms with Crippen LogP contribution >= 0.6 is 11.6 Å². The van der Waals surface area contributed by atoms with Crippen molar-refractivity contribution in [2.75, 3.05) is 0 Å². The highest BCUT2D eigenvalue weighted by Gasteiger charge is 2.36. The van der Waals surface area contributed by atoms with Crippen molar-refractivity contribution in [3.05, 3.63) is 46.7 Å². The summed E-state index contributed by atoms with van der Waals surface area (Å²) in [7, 11) is -3.45. The van der Waals surface area contributed by atoms with Crippen molar-refractivity contribution in [3.63, 3.8) is 0 Å². The van der Waals surface area contributed by atoms with Crippen molar-refractivity contribution in [2.45, 2.75) is 23.2 Å². The van der Waals surface area contributed by atoms with Crippen LogP contribution in [0.5, 0.6) is 0 Å². The minimum absolute atomic E-state index is 0.0281. The van der Waals surface area contributed by atoms with Crippen molar-refractivity contribution in [3.8, 4) is 0 Å². The Morgan fingerprint density at radius 3 is 2.94 bits per heavy atom. The van der Waals surface area contributed by atoms with Gasteiger partial charge in [0, 0.05) is 17.4 Å². The van der Waals surface area contributed by atoms with E-state index >= 15 is 0 Å². The van der Waals surface area contributed by atoms with Crippen LogP contribution in [0.3, 0.4) is 0 Å². The van der Waals surface area contributed by atoms with Crippen LogP contribution in [0.4, 0.5) is 0 Å². The summed E-state index contributed by atoms with van der Waals surface area (Å²) in [6, 6.07) is 5.42. The minimum atomic E-state index is -3.45. The van der Waals surface area contributed by atoms with Crippen LogP contribution in [0.15, 0.2) is 35.7 Å². The zero-order chi connectivity index (χ0) is 12.8. The van der Waals surface area contributed by atoms with Gasteiger partial charge < -0.3 is 4.98 Å². The molecule has 1 aromatic carbocycles. The number of nitrogens with zero attached hydrogens (tertiary/aromatic N) is 1. The molecule has 0 amide bonds. The van der Waals surface area contributed by atoms with Gasteiger partial charge in [0.15, 0.2) is 0 Å². The lowest BCUT2D eigenvalue weighted by Crippen LogP contribution is -2.12. The SMILES string of the molecule is O=S(=O)(c1ncc[nH]1)[C@@H]1CCc2c(Cl)cccc21. The van der Waals surface area contributed by atoms with E-state index in [1.165, 1.54) is 12.4 Å². The van der Waals surface area contributed by atoms with Gasteiger partial charge in [0.25, 0.3) is 0 Å². The number of fused-ring (bicyclic) bond motifs is 1. The van der Waals surface area contributed by atoms with E-state index in [2.05, 4.69) is 9.97 Å². The van der Waals surface area contributed by atoms with Crippen LogP contribution in [-0.4, -0.2) is 18.4 Å². The Hall–Kier alpha value is -1.33. The third-order valence-electron chi connectivity index (χ3n) is 3.28. The van der Waals surface area contributed by atoms with Gasteiger partial charge in [-0.05, 0) is 30.0 Å². The number of H-pyrrole nitrogens is 1. The quantitative estimate of drug-likeness (QED) is 0.920. The number of aromatic amines is 1. The summed E-state index contributed by atoms with van der Waals surface area (Å²) in [4.78, 5) is 6.52. The molecular weight excluding hydrogens is 272 g/mol. The van der Waals surface area contributed by atoms with E-state index < -0.39 is 15.1 Å². The molecule has 0 saturated carbocycles. The van der Waals surface area contributed by atoms with Gasteiger partial charge in [-0.2, -0.15) is 0 Å². The van der Waals surface area contributed by atoms with Crippen LogP contribution in [0.2, 0.25) is 5.02 Å². The maximum Gasteiger partial charge on any atom is 0.225 e. The Labute approximate surface area is 110 Å². The van der Waals surface area contributed by atoms with Crippen molar-refractivity contribution in [1.29, 1.82) is 0 Å². The van der Waals surface area contributed by atoms with Crippen molar-refractivity contribution < 1.29 is 8.42 Å². The number of hydrogen-bond acceptors (Lipinski definition) is 3. The first-order valence-electron chi connectivity index (χ1n) is 5.61. The summed E-state index contributed by atoms with van der Waals surface area (Å²) in [5.74, 6) is 0. The third-order valence-corrected chi connectivity index (χ3v) is 5.63. The van der Waals surface area contributed by atoms with Crippen LogP contribution in [0.25, 0.3) is 0 Å². The van der Waals surface area contributed by atoms with Gasteiger partial charge in [-0.1, -0.05) is 23.7 Å². The molecule has 1 atom stereocenters. The molecule has 0 saturated heterocycles. The molecule has 18 heavy (non-hydrogen) atoms. The summed E-state index contributed by atoms with van der Waals surface area (Å²) in [6.07, 6.45) is 4.21. The first-order chi connectivity index (χ1) is 8.60. The summed E-state index contributed by atoms with van der Waals surface area (Å²) >= 11 is 6.09. The highest BCUT2D eigenvalue weighted by atomic mass is 35.5. The lowest BCUT2D eigenvalue weighted by atomic mass is 10.1. The van der Waals surface area contributed by atoms with E-state index in [4.69, 9.17) is 11.6 Å². The zero-order valence-corrected chi connectivity index (χ0v) is 11.0. The molecule has 94 valence electrons. The van der Waals surface area contributed by atoms with E-state index in [-0.39, 0.29) is 5.16 Å². The molecule has 0 unspecified atom stereocenters. The second-order valence-corrected chi connectivity index (χ2v) is 6.73. The maximum atomic E-state index is 12.4. The number of benzene rings is 1.